The summed E-state index contributed by atoms with van der Waals surface area (Å²) in [6.45, 7) is 0. The molecule has 2 aromatic carbocycles. The molecule has 104 valence electrons. The van der Waals surface area contributed by atoms with Crippen LogP contribution >= 0.6 is 11.6 Å². The van der Waals surface area contributed by atoms with E-state index >= 15 is 0 Å². The van der Waals surface area contributed by atoms with Gasteiger partial charge in [-0.25, -0.2) is 4.39 Å². The lowest BCUT2D eigenvalue weighted by Gasteiger charge is -2.19. The first-order chi connectivity index (χ1) is 9.47. The molecule has 1 amide bonds. The minimum Gasteiger partial charge on any atom is -0.397 e. The number of rotatable bonds is 3. The Labute approximate surface area is 121 Å². The van der Waals surface area contributed by atoms with Crippen molar-refractivity contribution in [2.75, 3.05) is 17.7 Å². The number of hydrogen-bond acceptors (Lipinski definition) is 2. The molecule has 20 heavy (non-hydrogen) atoms. The summed E-state index contributed by atoms with van der Waals surface area (Å²) in [6.07, 6.45) is 0.169. The first-order valence-corrected chi connectivity index (χ1v) is 6.41. The highest BCUT2D eigenvalue weighted by Crippen LogP contribution is 2.26. The summed E-state index contributed by atoms with van der Waals surface area (Å²) in [7, 11) is 1.63. The summed E-state index contributed by atoms with van der Waals surface area (Å²) in [5.41, 5.74) is 7.62. The Morgan fingerprint density at radius 1 is 1.25 bits per heavy atom. The highest BCUT2D eigenvalue weighted by atomic mass is 35.5. The molecular weight excluding hydrogens is 279 g/mol. The summed E-state index contributed by atoms with van der Waals surface area (Å²) in [4.78, 5) is 13.6. The Morgan fingerprint density at radius 2 is 1.90 bits per heavy atom. The smallest absolute Gasteiger partial charge is 0.231 e. The van der Waals surface area contributed by atoms with Crippen molar-refractivity contribution in [1.82, 2.24) is 0 Å². The Kier molecular flexibility index (Phi) is 4.25. The van der Waals surface area contributed by atoms with Crippen molar-refractivity contribution >= 4 is 28.9 Å². The van der Waals surface area contributed by atoms with Gasteiger partial charge in [-0.1, -0.05) is 23.7 Å². The van der Waals surface area contributed by atoms with Crippen molar-refractivity contribution in [3.8, 4) is 0 Å². The van der Waals surface area contributed by atoms with E-state index in [1.165, 1.54) is 17.0 Å². The molecule has 2 aromatic rings. The molecule has 0 aliphatic rings. The van der Waals surface area contributed by atoms with Gasteiger partial charge in [0.1, 0.15) is 5.82 Å². The Bertz CT molecular complexity index is 628. The van der Waals surface area contributed by atoms with Crippen LogP contribution in [-0.4, -0.2) is 13.0 Å². The van der Waals surface area contributed by atoms with Crippen LogP contribution in [0.1, 0.15) is 5.56 Å². The molecule has 5 heteroatoms. The maximum atomic E-state index is 12.8. The van der Waals surface area contributed by atoms with Crippen LogP contribution < -0.4 is 10.6 Å². The minimum absolute atomic E-state index is 0.148. The number of nitrogen functional groups attached to an aromatic ring is 1. The molecule has 0 aliphatic carbocycles. The minimum atomic E-state index is -0.325. The van der Waals surface area contributed by atoms with Crippen molar-refractivity contribution in [3.05, 3.63) is 58.9 Å². The maximum Gasteiger partial charge on any atom is 0.231 e. The molecule has 0 aromatic heterocycles. The molecule has 0 bridgehead atoms. The van der Waals surface area contributed by atoms with Crippen LogP contribution in [-0.2, 0) is 11.2 Å². The molecule has 0 spiro atoms. The Morgan fingerprint density at radius 3 is 2.55 bits per heavy atom. The van der Waals surface area contributed by atoms with Crippen molar-refractivity contribution in [3.63, 3.8) is 0 Å². The molecular formula is C15H14ClFN2O. The SMILES string of the molecule is CN(C(=O)Cc1ccc(F)cc1)c1cc(Cl)ccc1N. The van der Waals surface area contributed by atoms with E-state index in [-0.39, 0.29) is 18.1 Å². The van der Waals surface area contributed by atoms with Crippen LogP contribution in [0.25, 0.3) is 0 Å². The number of benzene rings is 2. The van der Waals surface area contributed by atoms with Crippen molar-refractivity contribution in [1.29, 1.82) is 0 Å². The summed E-state index contributed by atoms with van der Waals surface area (Å²) in [6, 6.07) is 10.8. The fourth-order valence-corrected chi connectivity index (χ4v) is 2.00. The summed E-state index contributed by atoms with van der Waals surface area (Å²) < 4.78 is 12.8. The topological polar surface area (TPSA) is 46.3 Å². The van der Waals surface area contributed by atoms with E-state index in [4.69, 9.17) is 17.3 Å². The van der Waals surface area contributed by atoms with Crippen molar-refractivity contribution in [2.45, 2.75) is 6.42 Å². The van der Waals surface area contributed by atoms with E-state index in [2.05, 4.69) is 0 Å². The van der Waals surface area contributed by atoms with Crippen LogP contribution in [0.5, 0.6) is 0 Å². The average Bonchev–Trinajstić information content (AvgIpc) is 2.43. The number of anilines is 2. The molecule has 3 nitrogen and oxygen atoms in total. The van der Waals surface area contributed by atoms with Gasteiger partial charge in [0.05, 0.1) is 17.8 Å². The number of carbonyl (C=O) groups is 1. The molecule has 0 saturated heterocycles. The van der Waals surface area contributed by atoms with Crippen molar-refractivity contribution < 1.29 is 9.18 Å². The molecule has 0 radical (unpaired) electrons. The second-order valence-corrected chi connectivity index (χ2v) is 4.90. The summed E-state index contributed by atoms with van der Waals surface area (Å²) in [5, 5.41) is 0.510. The number of hydrogen-bond donors (Lipinski definition) is 1. The van der Waals surface area contributed by atoms with Crippen LogP contribution in [0.3, 0.4) is 0 Å². The van der Waals surface area contributed by atoms with E-state index in [0.29, 0.717) is 16.4 Å². The van der Waals surface area contributed by atoms with Crippen LogP contribution in [0.15, 0.2) is 42.5 Å². The van der Waals surface area contributed by atoms with Crippen LogP contribution in [0.4, 0.5) is 15.8 Å². The summed E-state index contributed by atoms with van der Waals surface area (Å²) >= 11 is 5.91. The van der Waals surface area contributed by atoms with Crippen molar-refractivity contribution in [2.24, 2.45) is 0 Å². The number of amides is 1. The van der Waals surface area contributed by atoms with E-state index < -0.39 is 0 Å². The lowest BCUT2D eigenvalue weighted by Crippen LogP contribution is -2.28. The molecule has 0 saturated carbocycles. The summed E-state index contributed by atoms with van der Waals surface area (Å²) in [5.74, 6) is -0.473. The van der Waals surface area contributed by atoms with Crippen LogP contribution in [0.2, 0.25) is 5.02 Å². The highest BCUT2D eigenvalue weighted by Gasteiger charge is 2.14. The molecule has 0 aliphatic heterocycles. The molecule has 2 N–H and O–H groups in total. The van der Waals surface area contributed by atoms with Gasteiger partial charge in [0.15, 0.2) is 0 Å². The van der Waals surface area contributed by atoms with Crippen LogP contribution in [0, 0.1) is 5.82 Å². The average molecular weight is 293 g/mol. The van der Waals surface area contributed by atoms with Gasteiger partial charge < -0.3 is 10.6 Å². The zero-order valence-electron chi connectivity index (χ0n) is 10.9. The highest BCUT2D eigenvalue weighted by molar-refractivity contribution is 6.31. The second-order valence-electron chi connectivity index (χ2n) is 4.46. The second kappa shape index (κ2) is 5.92. The maximum absolute atomic E-state index is 12.8. The fraction of sp³-hybridized carbons (Fsp3) is 0.133. The predicted molar refractivity (Wildman–Crippen MR) is 79.4 cm³/mol. The quantitative estimate of drug-likeness (QED) is 0.883. The normalized spacial score (nSPS) is 10.3. The number of carbonyl (C=O) groups excluding carboxylic acids is 1. The first kappa shape index (κ1) is 14.3. The number of nitrogens with zero attached hydrogens (tertiary/aromatic N) is 1. The molecule has 0 fully saturated rings. The van der Waals surface area contributed by atoms with E-state index in [1.807, 2.05) is 0 Å². The zero-order chi connectivity index (χ0) is 14.7. The fourth-order valence-electron chi connectivity index (χ4n) is 1.84. The molecule has 2 rings (SSSR count). The van der Waals surface area contributed by atoms with Gasteiger partial charge in [0.2, 0.25) is 5.91 Å². The van der Waals surface area contributed by atoms with E-state index in [0.717, 1.165) is 5.56 Å². The molecule has 0 atom stereocenters. The molecule has 0 unspecified atom stereocenters. The number of nitrogens with two attached hydrogens (primary N) is 1. The van der Waals surface area contributed by atoms with Gasteiger partial charge in [-0.3, -0.25) is 4.79 Å². The largest absolute Gasteiger partial charge is 0.397 e. The Balaban J connectivity index is 2.16. The first-order valence-electron chi connectivity index (χ1n) is 6.03. The lowest BCUT2D eigenvalue weighted by molar-refractivity contribution is -0.117. The van der Waals surface area contributed by atoms with Gasteiger partial charge in [0.25, 0.3) is 0 Å². The number of likely N-dealkylation sites (N-methyl/N-ethyl adjacent to an activating group) is 1. The number of halogens is 2. The van der Waals surface area contributed by atoms with E-state index in [9.17, 15) is 9.18 Å². The predicted octanol–water partition coefficient (Wildman–Crippen LogP) is 3.27. The van der Waals surface area contributed by atoms with Gasteiger partial charge in [0, 0.05) is 12.1 Å². The zero-order valence-corrected chi connectivity index (χ0v) is 11.7. The Hall–Kier alpha value is -2.07. The lowest BCUT2D eigenvalue weighted by atomic mass is 10.1. The monoisotopic (exact) mass is 292 g/mol. The van der Waals surface area contributed by atoms with E-state index in [1.54, 1.807) is 37.4 Å². The van der Waals surface area contributed by atoms with Gasteiger partial charge in [-0.2, -0.15) is 0 Å². The van der Waals surface area contributed by atoms with Gasteiger partial charge in [-0.15, -0.1) is 0 Å². The molecule has 0 heterocycles. The van der Waals surface area contributed by atoms with Gasteiger partial charge in [-0.05, 0) is 35.9 Å². The third-order valence-corrected chi connectivity index (χ3v) is 3.23. The third kappa shape index (κ3) is 3.27. The third-order valence-electron chi connectivity index (χ3n) is 3.00. The standard InChI is InChI=1S/C15H14ClFN2O/c1-19(14-9-11(16)4-7-13(14)18)15(20)8-10-2-5-12(17)6-3-10/h2-7,9H,8,18H2,1H3. The van der Waals surface area contributed by atoms with Gasteiger partial charge >= 0.3 is 0 Å².